The Morgan fingerprint density at radius 2 is 2.06 bits per heavy atom. The molecule has 0 aromatic carbocycles. The normalized spacial score (nSPS) is 55.0. The number of carbonyl (C=O) groups excluding carboxylic acids is 1. The van der Waals surface area contributed by atoms with Crippen LogP contribution in [0.4, 0.5) is 0 Å². The second-order valence-corrected chi connectivity index (χ2v) is 7.30. The number of hydrogen-bond donors (Lipinski definition) is 1. The Morgan fingerprint density at radius 3 is 2.78 bits per heavy atom. The highest BCUT2D eigenvalue weighted by molar-refractivity contribution is 5.87. The van der Waals surface area contributed by atoms with Gasteiger partial charge in [0.15, 0.2) is 0 Å². The molecule has 4 saturated carbocycles. The van der Waals surface area contributed by atoms with Crippen molar-refractivity contribution in [3.05, 3.63) is 12.2 Å². The van der Waals surface area contributed by atoms with Crippen LogP contribution in [0.3, 0.4) is 0 Å². The molecule has 0 aliphatic heterocycles. The minimum Gasteiger partial charge on any atom is -0.455 e. The molecule has 0 radical (unpaired) electrons. The van der Waals surface area contributed by atoms with Crippen molar-refractivity contribution in [1.82, 2.24) is 0 Å². The molecule has 5 atom stereocenters. The molecule has 4 aliphatic carbocycles. The minimum atomic E-state index is -0.457. The zero-order valence-electron chi connectivity index (χ0n) is 10.9. The summed E-state index contributed by atoms with van der Waals surface area (Å²) in [6.45, 7) is 5.39. The molecule has 0 amide bonds. The molecule has 0 heterocycles. The van der Waals surface area contributed by atoms with Gasteiger partial charge in [0.05, 0.1) is 5.60 Å². The first-order chi connectivity index (χ1) is 8.38. The SMILES string of the molecule is C=C(C)C(=O)OC12CC3CC4(O)CC(C1)C2(C3)C4. The Kier molecular flexibility index (Phi) is 1.74. The highest BCUT2D eigenvalue weighted by Crippen LogP contribution is 2.79. The van der Waals surface area contributed by atoms with Crippen molar-refractivity contribution in [3.8, 4) is 0 Å². The van der Waals surface area contributed by atoms with Gasteiger partial charge in [-0.2, -0.15) is 0 Å². The predicted molar refractivity (Wildman–Crippen MR) is 65.7 cm³/mol. The lowest BCUT2D eigenvalue weighted by molar-refractivity contribution is -0.212. The van der Waals surface area contributed by atoms with E-state index in [0.29, 0.717) is 17.4 Å². The van der Waals surface area contributed by atoms with Gasteiger partial charge >= 0.3 is 5.97 Å². The van der Waals surface area contributed by atoms with E-state index >= 15 is 0 Å². The fraction of sp³-hybridized carbons (Fsp3) is 0.800. The Morgan fingerprint density at radius 1 is 1.28 bits per heavy atom. The molecule has 4 aliphatic rings. The molecule has 1 spiro atoms. The van der Waals surface area contributed by atoms with Crippen LogP contribution in [0.15, 0.2) is 12.2 Å². The van der Waals surface area contributed by atoms with Gasteiger partial charge in [0.25, 0.3) is 0 Å². The second-order valence-electron chi connectivity index (χ2n) is 7.30. The van der Waals surface area contributed by atoms with Gasteiger partial charge in [-0.3, -0.25) is 0 Å². The van der Waals surface area contributed by atoms with Gasteiger partial charge in [0.2, 0.25) is 0 Å². The van der Waals surface area contributed by atoms with Crippen molar-refractivity contribution in [1.29, 1.82) is 0 Å². The maximum absolute atomic E-state index is 11.9. The third-order valence-corrected chi connectivity index (χ3v) is 6.11. The fourth-order valence-corrected chi connectivity index (χ4v) is 5.78. The number of fused-ring (bicyclic) bond motifs is 2. The van der Waals surface area contributed by atoms with Gasteiger partial charge in [0.1, 0.15) is 5.60 Å². The molecule has 0 aromatic rings. The topological polar surface area (TPSA) is 46.5 Å². The first-order valence-electron chi connectivity index (χ1n) is 6.99. The third kappa shape index (κ3) is 1.04. The lowest BCUT2D eigenvalue weighted by Crippen LogP contribution is -2.60. The third-order valence-electron chi connectivity index (χ3n) is 6.11. The monoisotopic (exact) mass is 248 g/mol. The van der Waals surface area contributed by atoms with Gasteiger partial charge in [0, 0.05) is 11.0 Å². The van der Waals surface area contributed by atoms with Gasteiger partial charge in [-0.15, -0.1) is 0 Å². The first kappa shape index (κ1) is 11.0. The van der Waals surface area contributed by atoms with E-state index in [-0.39, 0.29) is 17.0 Å². The van der Waals surface area contributed by atoms with E-state index in [9.17, 15) is 9.90 Å². The summed E-state index contributed by atoms with van der Waals surface area (Å²) in [4.78, 5) is 11.9. The summed E-state index contributed by atoms with van der Waals surface area (Å²) in [5.74, 6) is 0.882. The van der Waals surface area contributed by atoms with Crippen molar-refractivity contribution >= 4 is 5.97 Å². The van der Waals surface area contributed by atoms with E-state index < -0.39 is 5.60 Å². The summed E-state index contributed by atoms with van der Waals surface area (Å²) in [6.07, 6.45) is 5.78. The Hall–Kier alpha value is -0.830. The first-order valence-corrected chi connectivity index (χ1v) is 6.99. The summed E-state index contributed by atoms with van der Waals surface area (Å²) in [6, 6.07) is 0. The average Bonchev–Trinajstić information content (AvgIpc) is 2.52. The van der Waals surface area contributed by atoms with Gasteiger partial charge in [-0.1, -0.05) is 6.58 Å². The number of esters is 1. The molecule has 0 aromatic heterocycles. The maximum Gasteiger partial charge on any atom is 0.333 e. The van der Waals surface area contributed by atoms with Crippen LogP contribution in [0.1, 0.15) is 45.4 Å². The molecule has 4 rings (SSSR count). The van der Waals surface area contributed by atoms with Crippen LogP contribution in [-0.2, 0) is 9.53 Å². The molecule has 18 heavy (non-hydrogen) atoms. The average molecular weight is 248 g/mol. The summed E-state index contributed by atoms with van der Waals surface area (Å²) < 4.78 is 5.86. The van der Waals surface area contributed by atoms with Crippen molar-refractivity contribution in [3.63, 3.8) is 0 Å². The van der Waals surface area contributed by atoms with E-state index in [0.717, 1.165) is 38.5 Å². The summed E-state index contributed by atoms with van der Waals surface area (Å²) in [5.41, 5.74) is -0.129. The van der Waals surface area contributed by atoms with E-state index in [1.54, 1.807) is 6.92 Å². The number of hydrogen-bond acceptors (Lipinski definition) is 3. The molecule has 3 nitrogen and oxygen atoms in total. The number of rotatable bonds is 2. The van der Waals surface area contributed by atoms with Crippen molar-refractivity contribution in [2.45, 2.75) is 56.7 Å². The number of aliphatic hydroxyl groups is 1. The lowest BCUT2D eigenvalue weighted by atomic mass is 9.52. The molecule has 5 unspecified atom stereocenters. The Labute approximate surface area is 107 Å². The molecule has 0 saturated heterocycles. The van der Waals surface area contributed by atoms with Crippen LogP contribution in [-0.4, -0.2) is 22.3 Å². The van der Waals surface area contributed by atoms with Crippen LogP contribution in [0.2, 0.25) is 0 Å². The summed E-state index contributed by atoms with van der Waals surface area (Å²) in [7, 11) is 0. The number of ether oxygens (including phenoxy) is 1. The Balaban J connectivity index is 1.69. The fourth-order valence-electron chi connectivity index (χ4n) is 5.78. The van der Waals surface area contributed by atoms with Gasteiger partial charge in [-0.05, 0) is 57.3 Å². The maximum atomic E-state index is 11.9. The quantitative estimate of drug-likeness (QED) is 0.602. The molecular weight excluding hydrogens is 228 g/mol. The van der Waals surface area contributed by atoms with E-state index in [2.05, 4.69) is 6.58 Å². The van der Waals surface area contributed by atoms with E-state index in [1.807, 2.05) is 0 Å². The van der Waals surface area contributed by atoms with Crippen molar-refractivity contribution in [2.75, 3.05) is 0 Å². The minimum absolute atomic E-state index is 0.107. The van der Waals surface area contributed by atoms with E-state index in [4.69, 9.17) is 4.74 Å². The highest BCUT2D eigenvalue weighted by atomic mass is 16.6. The molecule has 3 heteroatoms. The molecule has 98 valence electrons. The van der Waals surface area contributed by atoms with E-state index in [1.165, 1.54) is 0 Å². The second kappa shape index (κ2) is 2.84. The summed E-state index contributed by atoms with van der Waals surface area (Å²) >= 11 is 0. The van der Waals surface area contributed by atoms with Gasteiger partial charge < -0.3 is 9.84 Å². The highest BCUT2D eigenvalue weighted by Gasteiger charge is 2.79. The summed E-state index contributed by atoms with van der Waals surface area (Å²) in [5, 5.41) is 10.6. The van der Waals surface area contributed by atoms with Crippen LogP contribution in [0.25, 0.3) is 0 Å². The van der Waals surface area contributed by atoms with Gasteiger partial charge in [-0.25, -0.2) is 4.79 Å². The van der Waals surface area contributed by atoms with Crippen LogP contribution < -0.4 is 0 Å². The van der Waals surface area contributed by atoms with Crippen LogP contribution >= 0.6 is 0 Å². The molecule has 3 bridgehead atoms. The zero-order chi connectivity index (χ0) is 12.8. The zero-order valence-corrected chi connectivity index (χ0v) is 10.9. The van der Waals surface area contributed by atoms with Crippen molar-refractivity contribution in [2.24, 2.45) is 17.3 Å². The Bertz CT molecular complexity index is 466. The lowest BCUT2D eigenvalue weighted by Gasteiger charge is -2.57. The van der Waals surface area contributed by atoms with Crippen LogP contribution in [0.5, 0.6) is 0 Å². The molecule has 4 fully saturated rings. The molecular formula is C15H20O3. The smallest absolute Gasteiger partial charge is 0.333 e. The standard InChI is InChI=1S/C15H20O3/c1-9(2)12(16)18-15-5-10-3-13(17)6-11(7-15)14(15,4-10)8-13/h10-11,17H,1,3-8H2,2H3. The predicted octanol–water partition coefficient (Wildman–Crippen LogP) is 2.19. The largest absolute Gasteiger partial charge is 0.455 e. The van der Waals surface area contributed by atoms with Crippen molar-refractivity contribution < 1.29 is 14.6 Å². The molecule has 1 N–H and O–H groups in total. The van der Waals surface area contributed by atoms with Crippen LogP contribution in [0, 0.1) is 17.3 Å². The number of carbonyl (C=O) groups is 1.